The van der Waals surface area contributed by atoms with Crippen LogP contribution in [0.2, 0.25) is 0 Å². The second-order valence-corrected chi connectivity index (χ2v) is 7.54. The third-order valence-electron chi connectivity index (χ3n) is 5.34. The number of hydrogen-bond acceptors (Lipinski definition) is 4. The number of pyridine rings is 1. The third-order valence-corrected chi connectivity index (χ3v) is 5.34. The van der Waals surface area contributed by atoms with Crippen molar-refractivity contribution < 1.29 is 14.0 Å². The van der Waals surface area contributed by atoms with Gasteiger partial charge in [-0.3, -0.25) is 14.3 Å². The molecule has 0 saturated heterocycles. The topological polar surface area (TPSA) is 103 Å². The van der Waals surface area contributed by atoms with Crippen LogP contribution in [0.3, 0.4) is 0 Å². The van der Waals surface area contributed by atoms with Gasteiger partial charge in [0.25, 0.3) is 5.91 Å². The van der Waals surface area contributed by atoms with Crippen molar-refractivity contribution in [1.82, 2.24) is 14.8 Å². The van der Waals surface area contributed by atoms with Crippen LogP contribution in [0, 0.1) is 19.7 Å². The average molecular weight is 431 g/mol. The van der Waals surface area contributed by atoms with E-state index < -0.39 is 11.8 Å². The highest BCUT2D eigenvalue weighted by Crippen LogP contribution is 2.23. The number of para-hydroxylation sites is 1. The zero-order valence-electron chi connectivity index (χ0n) is 17.7. The Hall–Kier alpha value is -4.07. The molecule has 0 atom stereocenters. The summed E-state index contributed by atoms with van der Waals surface area (Å²) in [4.78, 5) is 29.2. The molecule has 4 aromatic rings. The van der Waals surface area contributed by atoms with Crippen LogP contribution in [0.15, 0.2) is 54.6 Å². The van der Waals surface area contributed by atoms with Crippen LogP contribution in [0.1, 0.15) is 37.8 Å². The molecule has 7 nitrogen and oxygen atoms in total. The number of hydrogen-bond donors (Lipinski definition) is 2. The summed E-state index contributed by atoms with van der Waals surface area (Å²) in [5.74, 6) is -1.37. The van der Waals surface area contributed by atoms with Gasteiger partial charge in [0.1, 0.15) is 11.5 Å². The first kappa shape index (κ1) is 21.2. The average Bonchev–Trinajstić information content (AvgIpc) is 3.04. The molecule has 0 aliphatic heterocycles. The summed E-state index contributed by atoms with van der Waals surface area (Å²) in [6.45, 7) is 4.18. The van der Waals surface area contributed by atoms with Gasteiger partial charge in [-0.25, -0.2) is 9.37 Å². The molecule has 8 heteroatoms. The largest absolute Gasteiger partial charge is 0.366 e. The number of nitrogens with zero attached hydrogens (tertiary/aromatic N) is 3. The predicted molar refractivity (Wildman–Crippen MR) is 120 cm³/mol. The van der Waals surface area contributed by atoms with E-state index in [0.29, 0.717) is 35.2 Å². The molecule has 2 heterocycles. The molecule has 0 aliphatic rings. The second kappa shape index (κ2) is 8.58. The fourth-order valence-electron chi connectivity index (χ4n) is 3.70. The van der Waals surface area contributed by atoms with E-state index in [4.69, 9.17) is 5.73 Å². The minimum atomic E-state index is -0.629. The summed E-state index contributed by atoms with van der Waals surface area (Å²) in [5, 5.41) is 7.95. The fourth-order valence-corrected chi connectivity index (χ4v) is 3.70. The predicted octanol–water partition coefficient (Wildman–Crippen LogP) is 3.78. The molecular weight excluding hydrogens is 409 g/mol. The Morgan fingerprint density at radius 3 is 2.62 bits per heavy atom. The van der Waals surface area contributed by atoms with Crippen molar-refractivity contribution in [2.75, 3.05) is 5.32 Å². The Kier molecular flexibility index (Phi) is 5.68. The number of rotatable bonds is 6. The van der Waals surface area contributed by atoms with E-state index in [2.05, 4.69) is 15.4 Å². The van der Waals surface area contributed by atoms with E-state index >= 15 is 0 Å². The summed E-state index contributed by atoms with van der Waals surface area (Å²) < 4.78 is 15.2. The number of aryl methyl sites for hydroxylation is 3. The van der Waals surface area contributed by atoms with E-state index in [1.165, 1.54) is 18.2 Å². The van der Waals surface area contributed by atoms with E-state index in [0.717, 1.165) is 11.3 Å². The van der Waals surface area contributed by atoms with Crippen LogP contribution in [0.4, 0.5) is 10.1 Å². The van der Waals surface area contributed by atoms with Gasteiger partial charge in [-0.2, -0.15) is 5.10 Å². The van der Waals surface area contributed by atoms with Crippen LogP contribution in [0.25, 0.3) is 10.9 Å². The summed E-state index contributed by atoms with van der Waals surface area (Å²) in [7, 11) is 0. The lowest BCUT2D eigenvalue weighted by molar-refractivity contribution is 0.100. The normalized spacial score (nSPS) is 11.0. The first-order valence-electron chi connectivity index (χ1n) is 10.1. The van der Waals surface area contributed by atoms with E-state index in [1.807, 2.05) is 13.0 Å². The van der Waals surface area contributed by atoms with Gasteiger partial charge >= 0.3 is 0 Å². The first-order valence-corrected chi connectivity index (χ1v) is 10.1. The number of carbonyl (C=O) groups is 2. The van der Waals surface area contributed by atoms with Crippen molar-refractivity contribution >= 4 is 28.4 Å². The molecule has 0 spiro atoms. The van der Waals surface area contributed by atoms with Crippen LogP contribution in [-0.2, 0) is 13.0 Å². The molecule has 0 bridgehead atoms. The number of nitrogens with one attached hydrogen (secondary N) is 1. The van der Waals surface area contributed by atoms with Crippen molar-refractivity contribution in [3.8, 4) is 0 Å². The Morgan fingerprint density at radius 1 is 1.09 bits per heavy atom. The maximum Gasteiger partial charge on any atom is 0.274 e. The highest BCUT2D eigenvalue weighted by molar-refractivity contribution is 6.10. The number of aromatic nitrogens is 3. The molecule has 2 amide bonds. The molecular formula is C24H22FN5O2. The van der Waals surface area contributed by atoms with Gasteiger partial charge in [0.05, 0.1) is 28.2 Å². The number of amides is 2. The van der Waals surface area contributed by atoms with Gasteiger partial charge in [-0.15, -0.1) is 0 Å². The van der Waals surface area contributed by atoms with E-state index in [1.54, 1.807) is 41.9 Å². The molecule has 0 fully saturated rings. The second-order valence-electron chi connectivity index (χ2n) is 7.54. The van der Waals surface area contributed by atoms with Crippen LogP contribution >= 0.6 is 0 Å². The Morgan fingerprint density at radius 2 is 1.88 bits per heavy atom. The minimum Gasteiger partial charge on any atom is -0.366 e. The Labute approximate surface area is 184 Å². The lowest BCUT2D eigenvalue weighted by Crippen LogP contribution is -2.18. The van der Waals surface area contributed by atoms with Crippen LogP contribution < -0.4 is 11.1 Å². The quantitative estimate of drug-likeness (QED) is 0.485. The van der Waals surface area contributed by atoms with Gasteiger partial charge < -0.3 is 11.1 Å². The van der Waals surface area contributed by atoms with Crippen LogP contribution in [0.5, 0.6) is 0 Å². The van der Waals surface area contributed by atoms with Gasteiger partial charge in [0.2, 0.25) is 5.91 Å². The number of halogens is 1. The summed E-state index contributed by atoms with van der Waals surface area (Å²) in [6, 6.07) is 14.9. The van der Waals surface area contributed by atoms with Gasteiger partial charge in [-0.05, 0) is 50.1 Å². The van der Waals surface area contributed by atoms with Crippen molar-refractivity contribution in [2.45, 2.75) is 26.8 Å². The highest BCUT2D eigenvalue weighted by atomic mass is 19.1. The van der Waals surface area contributed by atoms with Crippen molar-refractivity contribution in [2.24, 2.45) is 5.73 Å². The zero-order chi connectivity index (χ0) is 22.8. The van der Waals surface area contributed by atoms with Gasteiger partial charge in [0.15, 0.2) is 0 Å². The smallest absolute Gasteiger partial charge is 0.274 e. The molecule has 2 aromatic carbocycles. The number of nitrogens with two attached hydrogens (primary N) is 1. The number of benzene rings is 2. The number of fused-ring (bicyclic) bond motifs is 1. The number of carbonyl (C=O) groups excluding carboxylic acids is 2. The molecule has 0 radical (unpaired) electrons. The molecule has 32 heavy (non-hydrogen) atoms. The molecule has 0 aliphatic carbocycles. The standard InChI is InChI=1S/C24H22FN5O2/c1-14-22(15(2)30(29-14)11-10-16-6-5-7-17(25)12-16)28-24(32)21-13-19(23(26)31)18-8-3-4-9-20(18)27-21/h3-9,12-13H,10-11H2,1-2H3,(H2,26,31)(H,28,32). The third kappa shape index (κ3) is 4.20. The van der Waals surface area contributed by atoms with Crippen molar-refractivity contribution in [3.63, 3.8) is 0 Å². The number of primary amides is 1. The van der Waals surface area contributed by atoms with Crippen molar-refractivity contribution in [3.05, 3.63) is 88.6 Å². The summed E-state index contributed by atoms with van der Waals surface area (Å²) >= 11 is 0. The first-order chi connectivity index (χ1) is 15.3. The van der Waals surface area contributed by atoms with Crippen LogP contribution in [-0.4, -0.2) is 26.6 Å². The minimum absolute atomic E-state index is 0.0869. The molecule has 4 rings (SSSR count). The van der Waals surface area contributed by atoms with E-state index in [9.17, 15) is 14.0 Å². The molecule has 0 saturated carbocycles. The molecule has 3 N–H and O–H groups in total. The lowest BCUT2D eigenvalue weighted by Gasteiger charge is -2.09. The fraction of sp³-hybridized carbons (Fsp3) is 0.167. The summed E-state index contributed by atoms with van der Waals surface area (Å²) in [6.07, 6.45) is 0.599. The van der Waals surface area contributed by atoms with Gasteiger partial charge in [0, 0.05) is 11.9 Å². The Bertz CT molecular complexity index is 1350. The van der Waals surface area contributed by atoms with Gasteiger partial charge in [-0.1, -0.05) is 30.3 Å². The monoisotopic (exact) mass is 431 g/mol. The Balaban J connectivity index is 1.58. The SMILES string of the molecule is Cc1nn(CCc2cccc(F)c2)c(C)c1NC(=O)c1cc(C(N)=O)c2ccccc2n1. The maximum atomic E-state index is 13.4. The highest BCUT2D eigenvalue weighted by Gasteiger charge is 2.19. The maximum absolute atomic E-state index is 13.4. The molecule has 0 unspecified atom stereocenters. The number of anilines is 1. The molecule has 162 valence electrons. The molecule has 2 aromatic heterocycles. The van der Waals surface area contributed by atoms with Crippen molar-refractivity contribution in [1.29, 1.82) is 0 Å². The lowest BCUT2D eigenvalue weighted by atomic mass is 10.1. The van der Waals surface area contributed by atoms with E-state index in [-0.39, 0.29) is 17.1 Å². The summed E-state index contributed by atoms with van der Waals surface area (Å²) in [5.41, 5.74) is 9.19. The zero-order valence-corrected chi connectivity index (χ0v) is 17.7.